The third kappa shape index (κ3) is 7.95. The Morgan fingerprint density at radius 2 is 1.91 bits per heavy atom. The van der Waals surface area contributed by atoms with Gasteiger partial charge in [-0.15, -0.1) is 0 Å². The molecule has 1 unspecified atom stereocenters. The lowest BCUT2D eigenvalue weighted by molar-refractivity contribution is -0.673. The van der Waals surface area contributed by atoms with E-state index in [2.05, 4.69) is 0 Å². The molecule has 5 rings (SSSR count). The summed E-state index contributed by atoms with van der Waals surface area (Å²) < 4.78 is 73.3. The van der Waals surface area contributed by atoms with Gasteiger partial charge >= 0.3 is 17.3 Å². The van der Waals surface area contributed by atoms with Crippen molar-refractivity contribution in [2.45, 2.75) is 32.7 Å². The molecule has 1 aliphatic heterocycles. The molecule has 1 atom stereocenters. The van der Waals surface area contributed by atoms with Crippen molar-refractivity contribution in [1.82, 2.24) is 0 Å². The van der Waals surface area contributed by atoms with Gasteiger partial charge in [0.1, 0.15) is 10.1 Å². The number of nitrogens with zero attached hydrogens (tertiary/aromatic N) is 2. The number of oxazole rings is 1. The van der Waals surface area contributed by atoms with Crippen LogP contribution in [-0.4, -0.2) is 40.6 Å². The summed E-state index contributed by atoms with van der Waals surface area (Å²) >= 11 is 3.98. The number of fused-ring (bicyclic) bond motifs is 2. The largest absolute Gasteiger partial charge is 0.748 e. The molecule has 0 spiro atoms. The van der Waals surface area contributed by atoms with Gasteiger partial charge in [-0.2, -0.15) is 8.78 Å². The van der Waals surface area contributed by atoms with Crippen molar-refractivity contribution in [3.05, 3.63) is 95.2 Å². The lowest BCUT2D eigenvalue weighted by atomic mass is 10.1. The van der Waals surface area contributed by atoms with Gasteiger partial charge < -0.3 is 18.6 Å². The van der Waals surface area contributed by atoms with Gasteiger partial charge in [0.15, 0.2) is 12.3 Å². The minimum Gasteiger partial charge on any atom is -0.748 e. The highest BCUT2D eigenvalue weighted by molar-refractivity contribution is 7.85. The van der Waals surface area contributed by atoms with Crippen LogP contribution in [-0.2, 0) is 32.2 Å². The molecule has 0 fully saturated rings. The second-order valence-electron chi connectivity index (χ2n) is 10.1. The Balaban J connectivity index is 1.51. The number of unbranched alkanes of at least 4 members (excludes halogenated alkanes) is 1. The van der Waals surface area contributed by atoms with Crippen LogP contribution in [0, 0.1) is 0 Å². The molecule has 0 radical (unpaired) electrons. The highest BCUT2D eigenvalue weighted by Crippen LogP contribution is 2.41. The van der Waals surface area contributed by atoms with Gasteiger partial charge in [-0.05, 0) is 60.2 Å². The zero-order valence-corrected chi connectivity index (χ0v) is 26.2. The van der Waals surface area contributed by atoms with E-state index < -0.39 is 27.2 Å². The quantitative estimate of drug-likeness (QED) is 0.0788. The average molecular weight is 659 g/mol. The lowest BCUT2D eigenvalue weighted by Gasteiger charge is -2.18. The number of aryl methyl sites for hydroxylation is 1. The van der Waals surface area contributed by atoms with E-state index in [9.17, 15) is 17.2 Å². The van der Waals surface area contributed by atoms with Crippen molar-refractivity contribution >= 4 is 55.9 Å². The molecule has 0 aliphatic carbocycles. The molecule has 4 aromatic rings. The minimum absolute atomic E-state index is 0.0796. The first kappa shape index (κ1) is 31.9. The summed E-state index contributed by atoms with van der Waals surface area (Å²) in [5.74, 6) is 0.989. The second kappa shape index (κ2) is 14.1. The first-order valence-electron chi connectivity index (χ1n) is 14.0. The fraction of sp³-hybridized carbons (Fsp3) is 0.258. The molecule has 0 amide bonds. The summed E-state index contributed by atoms with van der Waals surface area (Å²) in [7, 11) is -4.48. The van der Waals surface area contributed by atoms with E-state index in [4.69, 9.17) is 29.5 Å². The van der Waals surface area contributed by atoms with Crippen molar-refractivity contribution in [2.24, 2.45) is 0 Å². The van der Waals surface area contributed by atoms with Crippen LogP contribution in [0.3, 0.4) is 0 Å². The number of allylic oxidation sites excluding steroid dienone is 2. The minimum atomic E-state index is -4.48. The third-order valence-corrected chi connectivity index (χ3v) is 8.37. The van der Waals surface area contributed by atoms with Crippen LogP contribution < -0.4 is 14.2 Å². The SMILES string of the molecule is CCC(=Cc1oc2ccc(-c3ccccc3)cc2[n+]1CCS(=O)(=O)[O-])C=C1Oc2ccc(Cl)cc2N1CCCCOS(=O)O. The number of aromatic nitrogens is 1. The third-order valence-electron chi connectivity index (χ3n) is 7.08. The van der Waals surface area contributed by atoms with Crippen LogP contribution in [0.5, 0.6) is 5.75 Å². The number of benzene rings is 3. The number of halogens is 1. The topological polar surface area (TPSA) is 133 Å². The van der Waals surface area contributed by atoms with Crippen LogP contribution in [0.4, 0.5) is 5.69 Å². The molecular formula is C31H31ClN2O8S2. The fourth-order valence-electron chi connectivity index (χ4n) is 4.93. The summed E-state index contributed by atoms with van der Waals surface area (Å²) in [6.45, 7) is 2.56. The Morgan fingerprint density at radius 3 is 2.64 bits per heavy atom. The zero-order valence-electron chi connectivity index (χ0n) is 23.8. The zero-order chi connectivity index (χ0) is 31.3. The molecule has 232 valence electrons. The predicted molar refractivity (Wildman–Crippen MR) is 168 cm³/mol. The smallest absolute Gasteiger partial charge is 0.374 e. The number of hydrogen-bond donors (Lipinski definition) is 1. The Morgan fingerprint density at radius 1 is 1.11 bits per heavy atom. The molecular weight excluding hydrogens is 628 g/mol. The van der Waals surface area contributed by atoms with Gasteiger partial charge in [-0.25, -0.2) is 8.42 Å². The Kier molecular flexibility index (Phi) is 10.2. The molecule has 0 saturated heterocycles. The average Bonchev–Trinajstić information content (AvgIpc) is 3.51. The molecule has 0 bridgehead atoms. The van der Waals surface area contributed by atoms with E-state index >= 15 is 0 Å². The Bertz CT molecular complexity index is 1840. The normalized spacial score (nSPS) is 15.1. The monoisotopic (exact) mass is 658 g/mol. The summed E-state index contributed by atoms with van der Waals surface area (Å²) in [5.41, 5.74) is 4.74. The summed E-state index contributed by atoms with van der Waals surface area (Å²) in [4.78, 5) is 1.98. The summed E-state index contributed by atoms with van der Waals surface area (Å²) in [6.07, 6.45) is 5.47. The second-order valence-corrected chi connectivity index (χ2v) is 12.7. The molecule has 0 saturated carbocycles. The highest BCUT2D eigenvalue weighted by Gasteiger charge is 2.27. The van der Waals surface area contributed by atoms with Gasteiger partial charge in [0.25, 0.3) is 5.52 Å². The molecule has 13 heteroatoms. The van der Waals surface area contributed by atoms with E-state index in [1.54, 1.807) is 16.7 Å². The van der Waals surface area contributed by atoms with Crippen LogP contribution in [0.25, 0.3) is 28.3 Å². The van der Waals surface area contributed by atoms with Crippen LogP contribution in [0.15, 0.2) is 88.7 Å². The van der Waals surface area contributed by atoms with Gasteiger partial charge in [0.05, 0.1) is 24.1 Å². The molecule has 44 heavy (non-hydrogen) atoms. The molecule has 2 heterocycles. The highest BCUT2D eigenvalue weighted by atomic mass is 35.5. The number of anilines is 1. The van der Waals surface area contributed by atoms with E-state index in [0.29, 0.717) is 59.5 Å². The van der Waals surface area contributed by atoms with Gasteiger partial charge in [-0.3, -0.25) is 8.74 Å². The molecule has 10 nitrogen and oxygen atoms in total. The first-order chi connectivity index (χ1) is 21.1. The summed E-state index contributed by atoms with van der Waals surface area (Å²) in [5, 5.41) is 0.551. The number of rotatable bonds is 13. The van der Waals surface area contributed by atoms with E-state index in [0.717, 1.165) is 22.4 Å². The lowest BCUT2D eigenvalue weighted by Crippen LogP contribution is -2.38. The van der Waals surface area contributed by atoms with Crippen LogP contribution in [0.2, 0.25) is 5.02 Å². The van der Waals surface area contributed by atoms with E-state index in [1.165, 1.54) is 0 Å². The maximum atomic E-state index is 11.6. The van der Waals surface area contributed by atoms with Gasteiger partial charge in [0, 0.05) is 23.7 Å². The van der Waals surface area contributed by atoms with Crippen molar-refractivity contribution in [1.29, 1.82) is 0 Å². The van der Waals surface area contributed by atoms with Crippen LogP contribution in [0.1, 0.15) is 32.1 Å². The van der Waals surface area contributed by atoms with Crippen molar-refractivity contribution in [3.8, 4) is 16.9 Å². The molecule has 1 aromatic heterocycles. The van der Waals surface area contributed by atoms with Crippen molar-refractivity contribution < 1.29 is 39.6 Å². The number of ether oxygens (including phenoxy) is 1. The van der Waals surface area contributed by atoms with Gasteiger partial charge in [-0.1, -0.05) is 54.9 Å². The van der Waals surface area contributed by atoms with Crippen LogP contribution >= 0.6 is 11.6 Å². The number of hydrogen-bond acceptors (Lipinski definition) is 8. The van der Waals surface area contributed by atoms with Crippen molar-refractivity contribution in [3.63, 3.8) is 0 Å². The standard InChI is InChI=1S/C31H31ClN2O8S2/c1-2-22(18-30-33(14-6-7-16-40-43(35)36)27-21-25(32)11-13-29(27)42-30)19-31-34(15-17-44(37,38)39)26-20-24(10-12-28(26)41-31)23-8-4-3-5-9-23/h3-5,8-13,18-21H,2,6-7,14-17H2,1H3,(H-,35,36,37,38,39). The van der Waals surface area contributed by atoms with Crippen molar-refractivity contribution in [2.75, 3.05) is 23.8 Å². The summed E-state index contributed by atoms with van der Waals surface area (Å²) in [6, 6.07) is 20.8. The fourth-order valence-corrected chi connectivity index (χ4v) is 5.76. The maximum absolute atomic E-state index is 11.6. The maximum Gasteiger partial charge on any atom is 0.374 e. The molecule has 1 N–H and O–H groups in total. The van der Waals surface area contributed by atoms with Gasteiger partial charge in [0.2, 0.25) is 11.5 Å². The molecule has 3 aromatic carbocycles. The molecule has 1 aliphatic rings. The Hall–Kier alpha value is -3.52. The first-order valence-corrected chi connectivity index (χ1v) is 17.0. The Labute approximate surface area is 263 Å². The van der Waals surface area contributed by atoms with E-state index in [1.807, 2.05) is 78.6 Å². The van der Waals surface area contributed by atoms with E-state index in [-0.39, 0.29) is 13.2 Å². The predicted octanol–water partition coefficient (Wildman–Crippen LogP) is 6.05.